The van der Waals surface area contributed by atoms with Crippen LogP contribution in [0, 0.1) is 5.82 Å². The summed E-state index contributed by atoms with van der Waals surface area (Å²) in [5.41, 5.74) is 0.742. The lowest BCUT2D eigenvalue weighted by atomic mass is 10.1. The van der Waals surface area contributed by atoms with Crippen molar-refractivity contribution in [1.82, 2.24) is 0 Å². The highest BCUT2D eigenvalue weighted by molar-refractivity contribution is 5.84. The van der Waals surface area contributed by atoms with Crippen molar-refractivity contribution >= 4 is 5.97 Å². The fourth-order valence-corrected chi connectivity index (χ4v) is 1.44. The fourth-order valence-electron chi connectivity index (χ4n) is 1.44. The van der Waals surface area contributed by atoms with Crippen LogP contribution in [-0.2, 0) is 6.42 Å². The molecule has 0 amide bonds. The predicted octanol–water partition coefficient (Wildman–Crippen LogP) is 2.71. The van der Waals surface area contributed by atoms with Gasteiger partial charge in [0.25, 0.3) is 0 Å². The Morgan fingerprint density at radius 2 is 2.12 bits per heavy atom. The highest BCUT2D eigenvalue weighted by Crippen LogP contribution is 2.14. The van der Waals surface area contributed by atoms with Crippen LogP contribution in [0.3, 0.4) is 0 Å². The van der Waals surface area contributed by atoms with Gasteiger partial charge in [-0.25, -0.2) is 9.18 Å². The first-order valence-electron chi connectivity index (χ1n) is 4.71. The molecule has 3 nitrogen and oxygen atoms in total. The molecule has 0 unspecified atom stereocenters. The van der Waals surface area contributed by atoms with E-state index >= 15 is 0 Å². The number of carboxylic acid groups (broad SMARTS) is 1. The van der Waals surface area contributed by atoms with Gasteiger partial charge < -0.3 is 9.52 Å². The summed E-state index contributed by atoms with van der Waals surface area (Å²) in [4.78, 5) is 10.6. The van der Waals surface area contributed by atoms with Crippen LogP contribution >= 0.6 is 0 Å². The first-order chi connectivity index (χ1) is 7.65. The lowest BCUT2D eigenvalue weighted by Crippen LogP contribution is -1.92. The highest BCUT2D eigenvalue weighted by Gasteiger charge is 2.09. The second-order valence-corrected chi connectivity index (χ2v) is 3.38. The van der Waals surface area contributed by atoms with E-state index in [-0.39, 0.29) is 11.6 Å². The Labute approximate surface area is 91.1 Å². The molecule has 0 saturated carbocycles. The van der Waals surface area contributed by atoms with Crippen molar-refractivity contribution in [3.05, 3.63) is 59.3 Å². The number of halogens is 1. The zero-order chi connectivity index (χ0) is 11.5. The quantitative estimate of drug-likeness (QED) is 0.865. The molecule has 0 aliphatic carbocycles. The molecule has 1 N–H and O–H groups in total. The van der Waals surface area contributed by atoms with Crippen LogP contribution in [0.25, 0.3) is 0 Å². The number of rotatable bonds is 3. The van der Waals surface area contributed by atoms with Gasteiger partial charge in [0.15, 0.2) is 0 Å². The molecule has 82 valence electrons. The Kier molecular flexibility index (Phi) is 2.72. The first-order valence-corrected chi connectivity index (χ1v) is 4.71. The summed E-state index contributed by atoms with van der Waals surface area (Å²) in [5, 5.41) is 8.65. The zero-order valence-corrected chi connectivity index (χ0v) is 8.31. The van der Waals surface area contributed by atoms with Crippen LogP contribution in [-0.4, -0.2) is 11.1 Å². The molecule has 2 aromatic rings. The standard InChI is InChI=1S/C12H9FO3/c13-9-3-1-2-8(6-9)7-10-4-5-11(16-10)12(14)15/h1-6H,7H2,(H,14,15). The minimum absolute atomic E-state index is 0.105. The van der Waals surface area contributed by atoms with Crippen molar-refractivity contribution in [2.75, 3.05) is 0 Å². The molecular weight excluding hydrogens is 211 g/mol. The summed E-state index contributed by atoms with van der Waals surface area (Å²) >= 11 is 0. The maximum atomic E-state index is 12.9. The van der Waals surface area contributed by atoms with Crippen LogP contribution < -0.4 is 0 Å². The first kappa shape index (κ1) is 10.4. The third kappa shape index (κ3) is 2.28. The Morgan fingerprint density at radius 1 is 1.31 bits per heavy atom. The minimum Gasteiger partial charge on any atom is -0.475 e. The third-order valence-corrected chi connectivity index (χ3v) is 2.14. The van der Waals surface area contributed by atoms with E-state index in [4.69, 9.17) is 9.52 Å². The number of benzene rings is 1. The van der Waals surface area contributed by atoms with Crippen molar-refractivity contribution in [3.63, 3.8) is 0 Å². The number of carbonyl (C=O) groups is 1. The molecular formula is C12H9FO3. The normalized spacial score (nSPS) is 10.3. The van der Waals surface area contributed by atoms with E-state index in [1.54, 1.807) is 18.2 Å². The minimum atomic E-state index is -1.11. The molecule has 16 heavy (non-hydrogen) atoms. The molecule has 0 aliphatic heterocycles. The number of carboxylic acids is 1. The van der Waals surface area contributed by atoms with Gasteiger partial charge in [0.2, 0.25) is 5.76 Å². The molecule has 0 bridgehead atoms. The van der Waals surface area contributed by atoms with Crippen LogP contribution in [0.1, 0.15) is 21.9 Å². The fraction of sp³-hybridized carbons (Fsp3) is 0.0833. The van der Waals surface area contributed by atoms with Gasteiger partial charge in [-0.15, -0.1) is 0 Å². The molecule has 0 spiro atoms. The molecule has 0 radical (unpaired) electrons. The molecule has 0 aliphatic rings. The van der Waals surface area contributed by atoms with Gasteiger partial charge in [0, 0.05) is 6.42 Å². The summed E-state index contributed by atoms with van der Waals surface area (Å²) in [6.45, 7) is 0. The van der Waals surface area contributed by atoms with Crippen molar-refractivity contribution in [2.45, 2.75) is 6.42 Å². The van der Waals surface area contributed by atoms with Gasteiger partial charge in [-0.2, -0.15) is 0 Å². The van der Waals surface area contributed by atoms with Crippen molar-refractivity contribution in [2.24, 2.45) is 0 Å². The molecule has 0 atom stereocenters. The molecule has 4 heteroatoms. The second kappa shape index (κ2) is 4.18. The smallest absolute Gasteiger partial charge is 0.371 e. The van der Waals surface area contributed by atoms with Gasteiger partial charge >= 0.3 is 5.97 Å². The topological polar surface area (TPSA) is 50.4 Å². The van der Waals surface area contributed by atoms with Gasteiger partial charge in [0.05, 0.1) is 0 Å². The van der Waals surface area contributed by atoms with E-state index in [0.717, 1.165) is 5.56 Å². The van der Waals surface area contributed by atoms with E-state index in [1.807, 2.05) is 0 Å². The van der Waals surface area contributed by atoms with Gasteiger partial charge in [-0.05, 0) is 29.8 Å². The Balaban J connectivity index is 2.17. The van der Waals surface area contributed by atoms with Crippen LogP contribution in [0.15, 0.2) is 40.8 Å². The maximum absolute atomic E-state index is 12.9. The maximum Gasteiger partial charge on any atom is 0.371 e. The highest BCUT2D eigenvalue weighted by atomic mass is 19.1. The van der Waals surface area contributed by atoms with E-state index < -0.39 is 5.97 Å². The third-order valence-electron chi connectivity index (χ3n) is 2.14. The molecule has 1 aromatic carbocycles. The monoisotopic (exact) mass is 220 g/mol. The van der Waals surface area contributed by atoms with Gasteiger partial charge in [-0.1, -0.05) is 12.1 Å². The Hall–Kier alpha value is -2.10. The van der Waals surface area contributed by atoms with Gasteiger partial charge in [0.1, 0.15) is 11.6 Å². The van der Waals surface area contributed by atoms with E-state index in [1.165, 1.54) is 18.2 Å². The SMILES string of the molecule is O=C(O)c1ccc(Cc2cccc(F)c2)o1. The van der Waals surface area contributed by atoms with Crippen molar-refractivity contribution in [1.29, 1.82) is 0 Å². The summed E-state index contributed by atoms with van der Waals surface area (Å²) in [7, 11) is 0. The van der Waals surface area contributed by atoms with Crippen LogP contribution in [0.5, 0.6) is 0 Å². The van der Waals surface area contributed by atoms with Crippen molar-refractivity contribution < 1.29 is 18.7 Å². The van der Waals surface area contributed by atoms with E-state index in [2.05, 4.69) is 0 Å². The Morgan fingerprint density at radius 3 is 2.75 bits per heavy atom. The summed E-state index contributed by atoms with van der Waals surface area (Å²) in [6, 6.07) is 9.07. The number of furan rings is 1. The van der Waals surface area contributed by atoms with E-state index in [9.17, 15) is 9.18 Å². The van der Waals surface area contributed by atoms with E-state index in [0.29, 0.717) is 12.2 Å². The Bertz CT molecular complexity index is 516. The molecule has 1 heterocycles. The average molecular weight is 220 g/mol. The zero-order valence-electron chi connectivity index (χ0n) is 8.31. The molecule has 0 fully saturated rings. The molecule has 0 saturated heterocycles. The lowest BCUT2D eigenvalue weighted by Gasteiger charge is -1.97. The average Bonchev–Trinajstić information content (AvgIpc) is 2.66. The summed E-state index contributed by atoms with van der Waals surface area (Å²) < 4.78 is 17.9. The second-order valence-electron chi connectivity index (χ2n) is 3.38. The number of hydrogen-bond acceptors (Lipinski definition) is 2. The number of aromatic carboxylic acids is 1. The molecule has 2 rings (SSSR count). The lowest BCUT2D eigenvalue weighted by molar-refractivity contribution is 0.0660. The van der Waals surface area contributed by atoms with Crippen LogP contribution in [0.4, 0.5) is 4.39 Å². The van der Waals surface area contributed by atoms with Gasteiger partial charge in [-0.3, -0.25) is 0 Å². The van der Waals surface area contributed by atoms with Crippen LogP contribution in [0.2, 0.25) is 0 Å². The van der Waals surface area contributed by atoms with Crippen molar-refractivity contribution in [3.8, 4) is 0 Å². The summed E-state index contributed by atoms with van der Waals surface area (Å²) in [5.74, 6) is -1.03. The predicted molar refractivity (Wildman–Crippen MR) is 54.9 cm³/mol. The molecule has 1 aromatic heterocycles. The summed E-state index contributed by atoms with van der Waals surface area (Å²) in [6.07, 6.45) is 0.380. The number of hydrogen-bond donors (Lipinski definition) is 1. The largest absolute Gasteiger partial charge is 0.475 e.